The van der Waals surface area contributed by atoms with E-state index < -0.39 is 11.9 Å². The molecule has 0 aliphatic rings. The molecule has 1 rings (SSSR count). The Kier molecular flexibility index (Phi) is 8.01. The molecule has 0 aliphatic carbocycles. The van der Waals surface area contributed by atoms with E-state index in [9.17, 15) is 9.59 Å². The molecule has 0 saturated carbocycles. The molecule has 22 heavy (non-hydrogen) atoms. The Bertz CT molecular complexity index is 468. The van der Waals surface area contributed by atoms with Gasteiger partial charge in [-0.3, -0.25) is 14.6 Å². The van der Waals surface area contributed by atoms with Crippen molar-refractivity contribution in [3.63, 3.8) is 0 Å². The second-order valence-corrected chi connectivity index (χ2v) is 5.14. The third-order valence-electron chi connectivity index (χ3n) is 3.21. The molecule has 0 bridgehead atoms. The van der Waals surface area contributed by atoms with Gasteiger partial charge in [0.05, 0.1) is 12.2 Å². The zero-order valence-electron chi connectivity index (χ0n) is 12.8. The molecular formula is C14H24N6O2. The fourth-order valence-corrected chi connectivity index (χ4v) is 1.85. The molecule has 1 aromatic heterocycles. The van der Waals surface area contributed by atoms with Crippen LogP contribution in [0.1, 0.15) is 36.7 Å². The number of carbonyl (C=O) groups excluding carboxylic acids is 2. The van der Waals surface area contributed by atoms with Crippen LogP contribution in [0.15, 0.2) is 18.6 Å². The van der Waals surface area contributed by atoms with Crippen LogP contribution < -0.4 is 22.1 Å². The average Bonchev–Trinajstić information content (AvgIpc) is 2.52. The van der Waals surface area contributed by atoms with Gasteiger partial charge in [-0.1, -0.05) is 0 Å². The van der Waals surface area contributed by atoms with Gasteiger partial charge in [0.15, 0.2) is 0 Å². The number of nitrogens with two attached hydrogens (primary N) is 2. The third-order valence-corrected chi connectivity index (χ3v) is 3.21. The Morgan fingerprint density at radius 3 is 2.68 bits per heavy atom. The van der Waals surface area contributed by atoms with Gasteiger partial charge in [-0.25, -0.2) is 4.98 Å². The van der Waals surface area contributed by atoms with Gasteiger partial charge in [-0.05, 0) is 32.7 Å². The molecule has 0 aliphatic heterocycles. The van der Waals surface area contributed by atoms with Crippen LogP contribution in [0.4, 0.5) is 0 Å². The van der Waals surface area contributed by atoms with E-state index in [-0.39, 0.29) is 11.9 Å². The molecule has 1 unspecified atom stereocenters. The van der Waals surface area contributed by atoms with Gasteiger partial charge < -0.3 is 22.1 Å². The molecular weight excluding hydrogens is 284 g/mol. The third kappa shape index (κ3) is 7.09. The predicted octanol–water partition coefficient (Wildman–Crippen LogP) is -0.833. The lowest BCUT2D eigenvalue weighted by molar-refractivity contribution is -0.119. The number of hydrogen-bond acceptors (Lipinski definition) is 6. The first kappa shape index (κ1) is 18.0. The summed E-state index contributed by atoms with van der Waals surface area (Å²) >= 11 is 0. The van der Waals surface area contributed by atoms with E-state index in [0.717, 1.165) is 12.8 Å². The van der Waals surface area contributed by atoms with E-state index in [2.05, 4.69) is 20.6 Å². The van der Waals surface area contributed by atoms with E-state index in [1.54, 1.807) is 0 Å². The summed E-state index contributed by atoms with van der Waals surface area (Å²) in [6.07, 6.45) is 6.69. The van der Waals surface area contributed by atoms with E-state index in [1.165, 1.54) is 18.6 Å². The maximum Gasteiger partial charge on any atom is 0.271 e. The van der Waals surface area contributed by atoms with Crippen LogP contribution in [0, 0.1) is 0 Å². The lowest BCUT2D eigenvalue weighted by Gasteiger charge is -2.15. The second kappa shape index (κ2) is 9.80. The number of nitrogens with one attached hydrogen (secondary N) is 2. The highest BCUT2D eigenvalue weighted by Crippen LogP contribution is 1.97. The second-order valence-electron chi connectivity index (χ2n) is 5.14. The summed E-state index contributed by atoms with van der Waals surface area (Å²) in [7, 11) is 0. The number of carbonyl (C=O) groups is 2. The zero-order chi connectivity index (χ0) is 16.4. The first-order valence-corrected chi connectivity index (χ1v) is 7.33. The average molecular weight is 308 g/mol. The van der Waals surface area contributed by atoms with Crippen LogP contribution in [0.5, 0.6) is 0 Å². The normalized spacial score (nSPS) is 13.4. The Hall–Kier alpha value is -2.06. The number of primary amides is 1. The monoisotopic (exact) mass is 308 g/mol. The van der Waals surface area contributed by atoms with Gasteiger partial charge in [-0.2, -0.15) is 0 Å². The number of nitrogens with zero attached hydrogens (tertiary/aromatic N) is 2. The van der Waals surface area contributed by atoms with E-state index in [1.807, 2.05) is 6.92 Å². The smallest absolute Gasteiger partial charge is 0.271 e. The SMILES string of the molecule is CC(CCCNC(=O)c1cnccn1)NCC[C@H](N)C(N)=O. The van der Waals surface area contributed by atoms with Gasteiger partial charge in [0.25, 0.3) is 5.91 Å². The van der Waals surface area contributed by atoms with Gasteiger partial charge in [-0.15, -0.1) is 0 Å². The highest BCUT2D eigenvalue weighted by Gasteiger charge is 2.10. The number of amides is 2. The largest absolute Gasteiger partial charge is 0.368 e. The van der Waals surface area contributed by atoms with Crippen molar-refractivity contribution in [1.29, 1.82) is 0 Å². The van der Waals surface area contributed by atoms with Crippen molar-refractivity contribution in [1.82, 2.24) is 20.6 Å². The standard InChI is InChI=1S/C14H24N6O2/c1-10(18-6-4-11(15)13(16)21)3-2-5-20-14(22)12-9-17-7-8-19-12/h7-11,18H,2-6,15H2,1H3,(H2,16,21)(H,20,22)/t10?,11-/m0/s1. The summed E-state index contributed by atoms with van der Waals surface area (Å²) in [5.74, 6) is -0.706. The van der Waals surface area contributed by atoms with E-state index in [4.69, 9.17) is 11.5 Å². The van der Waals surface area contributed by atoms with Crippen molar-refractivity contribution in [2.75, 3.05) is 13.1 Å². The van der Waals surface area contributed by atoms with Crippen molar-refractivity contribution >= 4 is 11.8 Å². The number of aromatic nitrogens is 2. The van der Waals surface area contributed by atoms with Gasteiger partial charge in [0.2, 0.25) is 5.91 Å². The number of rotatable bonds is 10. The highest BCUT2D eigenvalue weighted by molar-refractivity contribution is 5.91. The minimum Gasteiger partial charge on any atom is -0.368 e. The van der Waals surface area contributed by atoms with Crippen molar-refractivity contribution < 1.29 is 9.59 Å². The predicted molar refractivity (Wildman–Crippen MR) is 82.9 cm³/mol. The highest BCUT2D eigenvalue weighted by atomic mass is 16.2. The zero-order valence-corrected chi connectivity index (χ0v) is 12.8. The Balaban J connectivity index is 2.09. The summed E-state index contributed by atoms with van der Waals surface area (Å²) < 4.78 is 0. The van der Waals surface area contributed by atoms with Gasteiger partial charge in [0, 0.05) is 25.0 Å². The number of hydrogen-bond donors (Lipinski definition) is 4. The Labute approximate surface area is 130 Å². The van der Waals surface area contributed by atoms with Crippen molar-refractivity contribution in [3.8, 4) is 0 Å². The maximum absolute atomic E-state index is 11.7. The maximum atomic E-state index is 11.7. The van der Waals surface area contributed by atoms with E-state index in [0.29, 0.717) is 25.2 Å². The van der Waals surface area contributed by atoms with Crippen LogP contribution >= 0.6 is 0 Å². The van der Waals surface area contributed by atoms with Crippen LogP contribution in [0.2, 0.25) is 0 Å². The van der Waals surface area contributed by atoms with Crippen LogP contribution in [0.3, 0.4) is 0 Å². The molecule has 2 amide bonds. The van der Waals surface area contributed by atoms with Crippen LogP contribution in [0.25, 0.3) is 0 Å². The minimum atomic E-state index is -0.606. The fourth-order valence-electron chi connectivity index (χ4n) is 1.85. The molecule has 6 N–H and O–H groups in total. The molecule has 0 fully saturated rings. The Morgan fingerprint density at radius 2 is 2.05 bits per heavy atom. The summed E-state index contributed by atoms with van der Waals surface area (Å²) in [4.78, 5) is 30.3. The topological polar surface area (TPSA) is 136 Å². The van der Waals surface area contributed by atoms with E-state index >= 15 is 0 Å². The van der Waals surface area contributed by atoms with Crippen LogP contribution in [-0.2, 0) is 4.79 Å². The molecule has 0 saturated heterocycles. The van der Waals surface area contributed by atoms with Gasteiger partial charge >= 0.3 is 0 Å². The lowest BCUT2D eigenvalue weighted by Crippen LogP contribution is -2.40. The molecule has 2 atom stereocenters. The lowest BCUT2D eigenvalue weighted by atomic mass is 10.1. The summed E-state index contributed by atoms with van der Waals surface area (Å²) in [5, 5.41) is 6.06. The summed E-state index contributed by atoms with van der Waals surface area (Å²) in [6, 6.07) is -0.334. The molecule has 8 heteroatoms. The van der Waals surface area contributed by atoms with Crippen LogP contribution in [-0.4, -0.2) is 47.0 Å². The Morgan fingerprint density at radius 1 is 1.27 bits per heavy atom. The molecule has 1 heterocycles. The fraction of sp³-hybridized carbons (Fsp3) is 0.571. The molecule has 1 aromatic rings. The van der Waals surface area contributed by atoms with Crippen molar-refractivity contribution in [2.24, 2.45) is 11.5 Å². The first-order chi connectivity index (χ1) is 10.5. The molecule has 8 nitrogen and oxygen atoms in total. The van der Waals surface area contributed by atoms with Gasteiger partial charge in [0.1, 0.15) is 5.69 Å². The first-order valence-electron chi connectivity index (χ1n) is 7.33. The molecule has 0 radical (unpaired) electrons. The molecule has 0 aromatic carbocycles. The minimum absolute atomic E-state index is 0.221. The molecule has 122 valence electrons. The summed E-state index contributed by atoms with van der Waals surface area (Å²) in [5.41, 5.74) is 10.9. The summed E-state index contributed by atoms with van der Waals surface area (Å²) in [6.45, 7) is 3.25. The van der Waals surface area contributed by atoms with Crippen molar-refractivity contribution in [2.45, 2.75) is 38.3 Å². The molecule has 0 spiro atoms. The van der Waals surface area contributed by atoms with Crippen molar-refractivity contribution in [3.05, 3.63) is 24.3 Å². The quantitative estimate of drug-likeness (QED) is 0.416.